The molecule has 1 amide bonds. The van der Waals surface area contributed by atoms with Crippen molar-refractivity contribution in [3.05, 3.63) is 65.2 Å². The van der Waals surface area contributed by atoms with Gasteiger partial charge in [-0.1, -0.05) is 42.5 Å². The third kappa shape index (κ3) is 2.68. The minimum atomic E-state index is -0.0898. The van der Waals surface area contributed by atoms with Crippen LogP contribution in [-0.4, -0.2) is 42.5 Å². The zero-order valence-electron chi connectivity index (χ0n) is 13.4. The Labute approximate surface area is 139 Å². The zero-order chi connectivity index (χ0) is 16.5. The van der Waals surface area contributed by atoms with Gasteiger partial charge in [-0.15, -0.1) is 5.10 Å². The summed E-state index contributed by atoms with van der Waals surface area (Å²) in [6, 6.07) is 9.99. The maximum absolute atomic E-state index is 12.7. The summed E-state index contributed by atoms with van der Waals surface area (Å²) >= 11 is 0. The molecule has 1 aromatic carbocycles. The number of hydrogen-bond donors (Lipinski definition) is 1. The number of aromatic nitrogens is 5. The fraction of sp³-hybridized carbons (Fsp3) is 0.294. The third-order valence-electron chi connectivity index (χ3n) is 4.33. The molecule has 0 aliphatic carbocycles. The predicted molar refractivity (Wildman–Crippen MR) is 87.3 cm³/mol. The second kappa shape index (κ2) is 5.92. The molecule has 3 heterocycles. The number of carbonyl (C=O) groups is 1. The molecule has 1 atom stereocenters. The lowest BCUT2D eigenvalue weighted by atomic mass is 9.98. The van der Waals surface area contributed by atoms with Gasteiger partial charge in [0.1, 0.15) is 0 Å². The number of nitrogens with one attached hydrogen (secondary N) is 1. The molecular weight excluding hydrogens is 304 g/mol. The zero-order valence-corrected chi connectivity index (χ0v) is 13.4. The molecule has 1 N–H and O–H groups in total. The molecule has 2 aromatic heterocycles. The summed E-state index contributed by atoms with van der Waals surface area (Å²) in [5, 5.41) is 15.2. The number of hydrogen-bond acceptors (Lipinski definition) is 4. The summed E-state index contributed by atoms with van der Waals surface area (Å²) in [6.07, 6.45) is 3.50. The molecule has 122 valence electrons. The number of aromatic amines is 1. The molecule has 4 rings (SSSR count). The van der Waals surface area contributed by atoms with Gasteiger partial charge in [0.25, 0.3) is 5.91 Å². The van der Waals surface area contributed by atoms with Crippen molar-refractivity contribution in [2.45, 2.75) is 25.9 Å². The smallest absolute Gasteiger partial charge is 0.276 e. The van der Waals surface area contributed by atoms with Gasteiger partial charge in [0.05, 0.1) is 18.9 Å². The van der Waals surface area contributed by atoms with E-state index in [1.807, 2.05) is 30.3 Å². The monoisotopic (exact) mass is 322 g/mol. The molecule has 0 radical (unpaired) electrons. The van der Waals surface area contributed by atoms with E-state index in [9.17, 15) is 4.79 Å². The summed E-state index contributed by atoms with van der Waals surface area (Å²) in [5.74, 6) is 0.146. The minimum Gasteiger partial charge on any atom is -0.332 e. The Balaban J connectivity index is 1.50. The lowest BCUT2D eigenvalue weighted by Gasteiger charge is -2.29. The summed E-state index contributed by atoms with van der Waals surface area (Å²) in [7, 11) is 0. The van der Waals surface area contributed by atoms with Crippen molar-refractivity contribution < 1.29 is 4.79 Å². The van der Waals surface area contributed by atoms with E-state index in [2.05, 4.69) is 27.4 Å². The predicted octanol–water partition coefficient (Wildman–Crippen LogP) is 1.81. The Kier molecular flexibility index (Phi) is 3.60. The highest BCUT2D eigenvalue weighted by Gasteiger charge is 2.28. The largest absolute Gasteiger partial charge is 0.332 e. The number of fused-ring (bicyclic) bond motifs is 1. The van der Waals surface area contributed by atoms with E-state index >= 15 is 0 Å². The van der Waals surface area contributed by atoms with Gasteiger partial charge in [-0.05, 0) is 5.56 Å². The van der Waals surface area contributed by atoms with Crippen molar-refractivity contribution in [2.75, 3.05) is 6.54 Å². The molecule has 0 saturated heterocycles. The molecule has 0 bridgehead atoms. The first-order chi connectivity index (χ1) is 11.7. The molecule has 7 nitrogen and oxygen atoms in total. The van der Waals surface area contributed by atoms with Crippen LogP contribution in [0.3, 0.4) is 0 Å². The van der Waals surface area contributed by atoms with Crippen LogP contribution in [0.5, 0.6) is 0 Å². The van der Waals surface area contributed by atoms with Crippen molar-refractivity contribution in [3.8, 4) is 0 Å². The number of nitrogens with zero attached hydrogens (tertiary/aromatic N) is 5. The Hall–Kier alpha value is -2.96. The van der Waals surface area contributed by atoms with Gasteiger partial charge >= 0.3 is 0 Å². The van der Waals surface area contributed by atoms with E-state index in [0.717, 1.165) is 16.8 Å². The molecule has 24 heavy (non-hydrogen) atoms. The summed E-state index contributed by atoms with van der Waals surface area (Å²) < 4.78 is 1.69. The first kappa shape index (κ1) is 14.6. The molecule has 1 aliphatic rings. The van der Waals surface area contributed by atoms with Gasteiger partial charge in [0.2, 0.25) is 0 Å². The average Bonchev–Trinajstić information content (AvgIpc) is 3.24. The number of carbonyl (C=O) groups excluding carboxylic acids is 1. The Morgan fingerprint density at radius 2 is 2.17 bits per heavy atom. The Bertz CT molecular complexity index is 853. The molecule has 3 aromatic rings. The van der Waals surface area contributed by atoms with Crippen LogP contribution in [0.15, 0.2) is 42.7 Å². The van der Waals surface area contributed by atoms with Crippen LogP contribution < -0.4 is 0 Å². The normalized spacial score (nSPS) is 16.9. The van der Waals surface area contributed by atoms with Crippen molar-refractivity contribution in [1.29, 1.82) is 0 Å². The van der Waals surface area contributed by atoms with E-state index < -0.39 is 0 Å². The first-order valence-electron chi connectivity index (χ1n) is 7.96. The van der Waals surface area contributed by atoms with Crippen LogP contribution in [0.2, 0.25) is 0 Å². The van der Waals surface area contributed by atoms with Gasteiger partial charge < -0.3 is 4.90 Å². The fourth-order valence-corrected chi connectivity index (χ4v) is 3.13. The topological polar surface area (TPSA) is 79.7 Å². The van der Waals surface area contributed by atoms with Gasteiger partial charge in [0.15, 0.2) is 5.69 Å². The number of rotatable bonds is 3. The maximum atomic E-state index is 12.7. The van der Waals surface area contributed by atoms with Crippen LogP contribution in [-0.2, 0) is 13.1 Å². The van der Waals surface area contributed by atoms with Crippen LogP contribution in [0.4, 0.5) is 0 Å². The second-order valence-corrected chi connectivity index (χ2v) is 6.18. The van der Waals surface area contributed by atoms with E-state index in [-0.39, 0.29) is 11.8 Å². The van der Waals surface area contributed by atoms with Gasteiger partial charge in [0, 0.05) is 30.3 Å². The lowest BCUT2D eigenvalue weighted by molar-refractivity contribution is 0.0714. The highest BCUT2D eigenvalue weighted by molar-refractivity contribution is 5.92. The first-order valence-corrected chi connectivity index (χ1v) is 7.96. The van der Waals surface area contributed by atoms with Gasteiger partial charge in [-0.2, -0.15) is 5.10 Å². The van der Waals surface area contributed by atoms with Crippen molar-refractivity contribution >= 4 is 5.91 Å². The Morgan fingerprint density at radius 3 is 3.00 bits per heavy atom. The SMILES string of the molecule is CC1CN(C(=O)c2cn(Cc3ccccc3)nn2)Cc2cn[nH]c21. The van der Waals surface area contributed by atoms with Crippen LogP contribution in [0, 0.1) is 0 Å². The van der Waals surface area contributed by atoms with Crippen LogP contribution in [0.1, 0.15) is 40.2 Å². The van der Waals surface area contributed by atoms with E-state index in [0.29, 0.717) is 25.3 Å². The molecule has 0 spiro atoms. The molecule has 0 saturated carbocycles. The minimum absolute atomic E-state index is 0.0898. The molecule has 0 fully saturated rings. The number of benzene rings is 1. The lowest BCUT2D eigenvalue weighted by Crippen LogP contribution is -2.37. The standard InChI is InChI=1S/C17H18N6O/c1-12-8-22(10-14-7-18-20-16(12)14)17(24)15-11-23(21-19-15)9-13-5-3-2-4-6-13/h2-7,11-12H,8-10H2,1H3,(H,18,20). The third-order valence-corrected chi connectivity index (χ3v) is 4.33. The molecular formula is C17H18N6O. The number of H-pyrrole nitrogens is 1. The van der Waals surface area contributed by atoms with Crippen LogP contribution >= 0.6 is 0 Å². The molecule has 1 aliphatic heterocycles. The van der Waals surface area contributed by atoms with Crippen molar-refractivity contribution in [3.63, 3.8) is 0 Å². The Morgan fingerprint density at radius 1 is 1.33 bits per heavy atom. The molecule has 1 unspecified atom stereocenters. The second-order valence-electron chi connectivity index (χ2n) is 6.18. The quantitative estimate of drug-likeness (QED) is 0.797. The molecule has 7 heteroatoms. The van der Waals surface area contributed by atoms with E-state index in [1.54, 1.807) is 22.0 Å². The van der Waals surface area contributed by atoms with Gasteiger partial charge in [-0.3, -0.25) is 9.89 Å². The van der Waals surface area contributed by atoms with E-state index in [1.165, 1.54) is 0 Å². The van der Waals surface area contributed by atoms with Crippen molar-refractivity contribution in [1.82, 2.24) is 30.1 Å². The van der Waals surface area contributed by atoms with Crippen LogP contribution in [0.25, 0.3) is 0 Å². The summed E-state index contributed by atoms with van der Waals surface area (Å²) in [6.45, 7) is 3.90. The summed E-state index contributed by atoms with van der Waals surface area (Å²) in [5.41, 5.74) is 3.69. The highest BCUT2D eigenvalue weighted by Crippen LogP contribution is 2.26. The van der Waals surface area contributed by atoms with E-state index in [4.69, 9.17) is 0 Å². The summed E-state index contributed by atoms with van der Waals surface area (Å²) in [4.78, 5) is 14.5. The maximum Gasteiger partial charge on any atom is 0.276 e. The van der Waals surface area contributed by atoms with Gasteiger partial charge in [-0.25, -0.2) is 4.68 Å². The van der Waals surface area contributed by atoms with Crippen molar-refractivity contribution in [2.24, 2.45) is 0 Å². The fourth-order valence-electron chi connectivity index (χ4n) is 3.13. The number of amides is 1. The highest BCUT2D eigenvalue weighted by atomic mass is 16.2. The average molecular weight is 322 g/mol.